The SMILES string of the molecule is CCN(c1cc(C(N)=O)cc(C)n1)C1CNC1. The second-order valence-electron chi connectivity index (χ2n) is 4.32. The van der Waals surface area contributed by atoms with Crippen molar-refractivity contribution in [3.8, 4) is 0 Å². The van der Waals surface area contributed by atoms with Gasteiger partial charge in [-0.25, -0.2) is 4.98 Å². The van der Waals surface area contributed by atoms with Crippen LogP contribution >= 0.6 is 0 Å². The Morgan fingerprint density at radius 1 is 1.59 bits per heavy atom. The number of anilines is 1. The third kappa shape index (κ3) is 2.39. The number of aryl methyl sites for hydroxylation is 1. The second-order valence-corrected chi connectivity index (χ2v) is 4.32. The molecular weight excluding hydrogens is 216 g/mol. The van der Waals surface area contributed by atoms with Gasteiger partial charge in [-0.05, 0) is 26.0 Å². The Balaban J connectivity index is 2.32. The number of nitrogens with two attached hydrogens (primary N) is 1. The molecule has 1 saturated heterocycles. The lowest BCUT2D eigenvalue weighted by Gasteiger charge is -2.38. The third-order valence-corrected chi connectivity index (χ3v) is 3.06. The molecule has 1 aromatic rings. The smallest absolute Gasteiger partial charge is 0.248 e. The zero-order valence-electron chi connectivity index (χ0n) is 10.2. The van der Waals surface area contributed by atoms with E-state index in [1.807, 2.05) is 6.92 Å². The van der Waals surface area contributed by atoms with E-state index >= 15 is 0 Å². The number of carbonyl (C=O) groups excluding carboxylic acids is 1. The number of carbonyl (C=O) groups is 1. The van der Waals surface area contributed by atoms with Crippen LogP contribution in [0.1, 0.15) is 23.0 Å². The van der Waals surface area contributed by atoms with Crippen molar-refractivity contribution >= 4 is 11.7 Å². The molecule has 0 aromatic carbocycles. The second kappa shape index (κ2) is 4.71. The van der Waals surface area contributed by atoms with Crippen LogP contribution in [0.2, 0.25) is 0 Å². The van der Waals surface area contributed by atoms with Crippen LogP contribution < -0.4 is 16.0 Å². The van der Waals surface area contributed by atoms with E-state index in [1.54, 1.807) is 12.1 Å². The Labute approximate surface area is 101 Å². The lowest BCUT2D eigenvalue weighted by atomic mass is 10.1. The van der Waals surface area contributed by atoms with E-state index in [0.717, 1.165) is 31.1 Å². The van der Waals surface area contributed by atoms with E-state index < -0.39 is 5.91 Å². The molecule has 92 valence electrons. The molecule has 0 unspecified atom stereocenters. The van der Waals surface area contributed by atoms with Crippen molar-refractivity contribution in [3.63, 3.8) is 0 Å². The van der Waals surface area contributed by atoms with Crippen LogP contribution in [-0.2, 0) is 0 Å². The van der Waals surface area contributed by atoms with Crippen molar-refractivity contribution < 1.29 is 4.79 Å². The van der Waals surface area contributed by atoms with Gasteiger partial charge in [0.15, 0.2) is 0 Å². The summed E-state index contributed by atoms with van der Waals surface area (Å²) in [5.74, 6) is 0.437. The number of aromatic nitrogens is 1. The first-order chi connectivity index (χ1) is 8.11. The Kier molecular flexibility index (Phi) is 3.28. The predicted molar refractivity (Wildman–Crippen MR) is 67.2 cm³/mol. The molecule has 3 N–H and O–H groups in total. The summed E-state index contributed by atoms with van der Waals surface area (Å²) in [6, 6.07) is 3.96. The summed E-state index contributed by atoms with van der Waals surface area (Å²) in [6.07, 6.45) is 0. The number of amides is 1. The zero-order chi connectivity index (χ0) is 12.4. The number of hydrogen-bond donors (Lipinski definition) is 2. The molecule has 1 fully saturated rings. The van der Waals surface area contributed by atoms with Crippen LogP contribution in [0.4, 0.5) is 5.82 Å². The normalized spacial score (nSPS) is 15.4. The Bertz CT molecular complexity index is 429. The van der Waals surface area contributed by atoms with Crippen LogP contribution in [-0.4, -0.2) is 36.6 Å². The van der Waals surface area contributed by atoms with Crippen molar-refractivity contribution in [2.24, 2.45) is 5.73 Å². The molecule has 5 heteroatoms. The van der Waals surface area contributed by atoms with E-state index in [4.69, 9.17) is 5.73 Å². The number of nitrogens with one attached hydrogen (secondary N) is 1. The predicted octanol–water partition coefficient (Wildman–Crippen LogP) is 0.287. The molecule has 2 heterocycles. The summed E-state index contributed by atoms with van der Waals surface area (Å²) in [5.41, 5.74) is 6.67. The number of pyridine rings is 1. The lowest BCUT2D eigenvalue weighted by molar-refractivity contribution is 0.1000. The summed E-state index contributed by atoms with van der Waals surface area (Å²) in [7, 11) is 0. The zero-order valence-corrected chi connectivity index (χ0v) is 10.2. The van der Waals surface area contributed by atoms with Gasteiger partial charge in [0.25, 0.3) is 0 Å². The first-order valence-corrected chi connectivity index (χ1v) is 5.87. The average molecular weight is 234 g/mol. The molecule has 0 bridgehead atoms. The molecule has 1 amide bonds. The van der Waals surface area contributed by atoms with Crippen LogP contribution in [0.15, 0.2) is 12.1 Å². The van der Waals surface area contributed by atoms with Crippen LogP contribution in [0.3, 0.4) is 0 Å². The first kappa shape index (κ1) is 11.9. The van der Waals surface area contributed by atoms with E-state index in [-0.39, 0.29) is 0 Å². The number of rotatable bonds is 4. The standard InChI is InChI=1S/C12H18N4O/c1-3-16(10-6-14-7-10)11-5-9(12(13)17)4-8(2)15-11/h4-5,10,14H,3,6-7H2,1-2H3,(H2,13,17). The molecule has 1 aliphatic heterocycles. The minimum atomic E-state index is -0.403. The van der Waals surface area contributed by atoms with Gasteiger partial charge >= 0.3 is 0 Å². The van der Waals surface area contributed by atoms with Crippen LogP contribution in [0.25, 0.3) is 0 Å². The van der Waals surface area contributed by atoms with Gasteiger partial charge in [-0.2, -0.15) is 0 Å². The Morgan fingerprint density at radius 2 is 2.29 bits per heavy atom. The van der Waals surface area contributed by atoms with E-state index in [9.17, 15) is 4.79 Å². The number of likely N-dealkylation sites (N-methyl/N-ethyl adjacent to an activating group) is 1. The van der Waals surface area contributed by atoms with Crippen molar-refractivity contribution in [2.45, 2.75) is 19.9 Å². The number of primary amides is 1. The fourth-order valence-electron chi connectivity index (χ4n) is 2.04. The molecule has 17 heavy (non-hydrogen) atoms. The van der Waals surface area contributed by atoms with Gasteiger partial charge in [0, 0.05) is 30.9 Å². The maximum atomic E-state index is 11.2. The van der Waals surface area contributed by atoms with Crippen molar-refractivity contribution in [2.75, 3.05) is 24.5 Å². The summed E-state index contributed by atoms with van der Waals surface area (Å²) in [6.45, 7) is 6.78. The average Bonchev–Trinajstić information content (AvgIpc) is 2.21. The molecule has 2 rings (SSSR count). The monoisotopic (exact) mass is 234 g/mol. The maximum Gasteiger partial charge on any atom is 0.248 e. The summed E-state index contributed by atoms with van der Waals surface area (Å²) in [4.78, 5) is 17.9. The maximum absolute atomic E-state index is 11.2. The minimum Gasteiger partial charge on any atom is -0.366 e. The molecule has 0 saturated carbocycles. The molecule has 1 aliphatic rings. The lowest BCUT2D eigenvalue weighted by Crippen LogP contribution is -2.57. The number of hydrogen-bond acceptors (Lipinski definition) is 4. The minimum absolute atomic E-state index is 0.403. The topological polar surface area (TPSA) is 71.2 Å². The third-order valence-electron chi connectivity index (χ3n) is 3.06. The quantitative estimate of drug-likeness (QED) is 0.785. The van der Waals surface area contributed by atoms with Gasteiger partial charge in [0.2, 0.25) is 5.91 Å². The molecule has 1 aromatic heterocycles. The highest BCUT2D eigenvalue weighted by Gasteiger charge is 2.25. The Morgan fingerprint density at radius 3 is 2.76 bits per heavy atom. The molecule has 5 nitrogen and oxygen atoms in total. The summed E-state index contributed by atoms with van der Waals surface area (Å²) < 4.78 is 0. The van der Waals surface area contributed by atoms with Crippen molar-refractivity contribution in [3.05, 3.63) is 23.4 Å². The van der Waals surface area contributed by atoms with E-state index in [2.05, 4.69) is 22.1 Å². The highest BCUT2D eigenvalue weighted by Crippen LogP contribution is 2.18. The molecule has 0 aliphatic carbocycles. The molecule has 0 atom stereocenters. The number of nitrogens with zero attached hydrogens (tertiary/aromatic N) is 2. The van der Waals surface area contributed by atoms with Crippen LogP contribution in [0, 0.1) is 6.92 Å². The summed E-state index contributed by atoms with van der Waals surface area (Å²) in [5, 5.41) is 3.24. The highest BCUT2D eigenvalue weighted by molar-refractivity contribution is 5.93. The van der Waals surface area contributed by atoms with E-state index in [1.165, 1.54) is 0 Å². The molecule has 0 radical (unpaired) electrons. The van der Waals surface area contributed by atoms with E-state index in [0.29, 0.717) is 11.6 Å². The van der Waals surface area contributed by atoms with Crippen molar-refractivity contribution in [1.82, 2.24) is 10.3 Å². The van der Waals surface area contributed by atoms with Crippen LogP contribution in [0.5, 0.6) is 0 Å². The van der Waals surface area contributed by atoms with Gasteiger partial charge in [0.1, 0.15) is 5.82 Å². The molecule has 0 spiro atoms. The first-order valence-electron chi connectivity index (χ1n) is 5.87. The Hall–Kier alpha value is -1.62. The van der Waals surface area contributed by atoms with Crippen molar-refractivity contribution in [1.29, 1.82) is 0 Å². The van der Waals surface area contributed by atoms with Gasteiger partial charge in [-0.3, -0.25) is 4.79 Å². The van der Waals surface area contributed by atoms with Gasteiger partial charge < -0.3 is 16.0 Å². The van der Waals surface area contributed by atoms with Gasteiger partial charge in [-0.15, -0.1) is 0 Å². The highest BCUT2D eigenvalue weighted by atomic mass is 16.1. The largest absolute Gasteiger partial charge is 0.366 e. The van der Waals surface area contributed by atoms with Gasteiger partial charge in [-0.1, -0.05) is 0 Å². The fourth-order valence-corrected chi connectivity index (χ4v) is 2.04. The van der Waals surface area contributed by atoms with Gasteiger partial charge in [0.05, 0.1) is 6.04 Å². The molecular formula is C12H18N4O. The summed E-state index contributed by atoms with van der Waals surface area (Å²) >= 11 is 0. The fraction of sp³-hybridized carbons (Fsp3) is 0.500.